The van der Waals surface area contributed by atoms with E-state index in [1.54, 1.807) is 10.7 Å². The van der Waals surface area contributed by atoms with Crippen molar-refractivity contribution < 1.29 is 34.4 Å². The normalized spacial score (nSPS) is 27.3. The summed E-state index contributed by atoms with van der Waals surface area (Å²) in [6, 6.07) is 3.72. The third-order valence-electron chi connectivity index (χ3n) is 7.84. The van der Waals surface area contributed by atoms with E-state index in [4.69, 9.17) is 16.2 Å². The molecule has 1 heterocycles. The summed E-state index contributed by atoms with van der Waals surface area (Å²) in [6.45, 7) is 3.98. The zero-order valence-corrected chi connectivity index (χ0v) is 20.6. The molecule has 7 N–H and O–H groups in total. The van der Waals surface area contributed by atoms with E-state index < -0.39 is 58.0 Å². The number of hydrogen-bond donors (Lipinski definition) is 5. The summed E-state index contributed by atoms with van der Waals surface area (Å²) in [5.41, 5.74) is 10.5. The minimum atomic E-state index is -2.18. The molecule has 0 radical (unpaired) electrons. The molecular formula is C26H28N4O7. The molecule has 0 saturated heterocycles. The highest BCUT2D eigenvalue weighted by Gasteiger charge is 2.64. The molecular weight excluding hydrogens is 480 g/mol. The van der Waals surface area contributed by atoms with Crippen molar-refractivity contribution in [3.8, 4) is 17.0 Å². The molecule has 0 aliphatic heterocycles. The lowest BCUT2D eigenvalue weighted by Crippen LogP contribution is -2.66. The number of primary amides is 1. The van der Waals surface area contributed by atoms with Crippen LogP contribution in [0.5, 0.6) is 5.75 Å². The average Bonchev–Trinajstić information content (AvgIpc) is 3.33. The zero-order chi connectivity index (χ0) is 27.0. The van der Waals surface area contributed by atoms with Gasteiger partial charge in [0, 0.05) is 36.4 Å². The molecule has 1 aromatic carbocycles. The van der Waals surface area contributed by atoms with Gasteiger partial charge in [0.25, 0.3) is 5.91 Å². The van der Waals surface area contributed by atoms with Crippen LogP contribution in [0.3, 0.4) is 0 Å². The molecule has 1 aromatic heterocycles. The molecule has 3 aliphatic carbocycles. The lowest BCUT2D eigenvalue weighted by atomic mass is 9.57. The molecule has 5 rings (SSSR count). The zero-order valence-electron chi connectivity index (χ0n) is 20.6. The van der Waals surface area contributed by atoms with Crippen LogP contribution in [0, 0.1) is 11.8 Å². The van der Waals surface area contributed by atoms with Gasteiger partial charge in [0.15, 0.2) is 11.4 Å². The van der Waals surface area contributed by atoms with Crippen molar-refractivity contribution in [3.05, 3.63) is 52.4 Å². The second-order valence-electron chi connectivity index (χ2n) is 10.0. The number of phenolic OH excluding ortho intramolecular Hbond substituents is 1. The van der Waals surface area contributed by atoms with Crippen molar-refractivity contribution in [2.45, 2.75) is 44.4 Å². The number of ether oxygens (including phenoxy) is 1. The van der Waals surface area contributed by atoms with E-state index >= 15 is 0 Å². The Bertz CT molecular complexity index is 1440. The number of nitrogens with zero attached hydrogens (tertiary/aromatic N) is 2. The predicted octanol–water partition coefficient (Wildman–Crippen LogP) is 1.46. The number of carbonyl (C=O) groups is 3. The number of benzene rings is 1. The summed E-state index contributed by atoms with van der Waals surface area (Å²) in [7, 11) is 1.15. The SMILES string of the molecule is CO[C@]12C(=O)C3=C(O)c4c(O)ccc(-c5ccn(C(C)C)n5)c4C[C@H]3C[C@H]1[C@@H](N)C(=O)C(C(N)=O)=C2O. The van der Waals surface area contributed by atoms with Crippen molar-refractivity contribution in [1.82, 2.24) is 9.78 Å². The number of hydrogen-bond acceptors (Lipinski definition) is 9. The van der Waals surface area contributed by atoms with Gasteiger partial charge in [0.1, 0.15) is 22.8 Å². The highest BCUT2D eigenvalue weighted by molar-refractivity contribution is 6.24. The molecule has 0 spiro atoms. The first-order chi connectivity index (χ1) is 17.4. The second-order valence-corrected chi connectivity index (χ2v) is 10.0. The monoisotopic (exact) mass is 508 g/mol. The molecule has 0 unspecified atom stereocenters. The third kappa shape index (κ3) is 3.20. The second kappa shape index (κ2) is 8.29. The van der Waals surface area contributed by atoms with Crippen LogP contribution in [0.15, 0.2) is 41.3 Å². The average molecular weight is 509 g/mol. The van der Waals surface area contributed by atoms with E-state index in [0.717, 1.165) is 7.11 Å². The topological polar surface area (TPSA) is 191 Å². The number of aromatic nitrogens is 2. The molecule has 1 saturated carbocycles. The molecule has 3 aliphatic rings. The fraction of sp³-hybridized carbons (Fsp3) is 0.385. The quantitative estimate of drug-likeness (QED) is 0.380. The number of aliphatic hydroxyl groups is 2. The Hall–Kier alpha value is -3.96. The van der Waals surface area contributed by atoms with Gasteiger partial charge in [-0.25, -0.2) is 0 Å². The highest BCUT2D eigenvalue weighted by atomic mass is 16.5. The standard InChI is InChI=1S/C26H28N4O7/c1-10(2)30-7-6-15(29-30)12-4-5-16(31)18-13(12)8-11-9-14-20(27)22(33)19(25(28)36)24(35)26(14,37-3)23(34)17(11)21(18)32/h4-7,10-11,14,20,31-32,35H,8-9,27H2,1-3H3,(H2,28,36)/t11-,14-,20+,26-/m0/s1. The van der Waals surface area contributed by atoms with Crippen LogP contribution in [-0.4, -0.2) is 61.3 Å². The van der Waals surface area contributed by atoms with Gasteiger partial charge in [-0.2, -0.15) is 5.10 Å². The molecule has 37 heavy (non-hydrogen) atoms. The molecule has 1 amide bonds. The summed E-state index contributed by atoms with van der Waals surface area (Å²) in [5, 5.41) is 37.7. The molecule has 194 valence electrons. The van der Waals surface area contributed by atoms with Gasteiger partial charge < -0.3 is 31.5 Å². The molecule has 2 aromatic rings. The number of amides is 1. The van der Waals surface area contributed by atoms with Crippen LogP contribution in [0.25, 0.3) is 17.0 Å². The number of methoxy groups -OCH3 is 1. The highest BCUT2D eigenvalue weighted by Crippen LogP contribution is 2.53. The number of aromatic hydroxyl groups is 1. The van der Waals surface area contributed by atoms with Gasteiger partial charge in [0.05, 0.1) is 17.3 Å². The van der Waals surface area contributed by atoms with E-state index in [1.165, 1.54) is 6.07 Å². The van der Waals surface area contributed by atoms with Crippen LogP contribution in [0.1, 0.15) is 37.4 Å². The number of aliphatic hydroxyl groups excluding tert-OH is 2. The maximum atomic E-state index is 14.0. The fourth-order valence-electron chi connectivity index (χ4n) is 6.05. The summed E-state index contributed by atoms with van der Waals surface area (Å²) >= 11 is 0. The van der Waals surface area contributed by atoms with E-state index in [2.05, 4.69) is 5.10 Å². The first kappa shape index (κ1) is 24.7. The van der Waals surface area contributed by atoms with Crippen molar-refractivity contribution in [3.63, 3.8) is 0 Å². The number of fused-ring (bicyclic) bond motifs is 3. The minimum Gasteiger partial charge on any atom is -0.508 e. The Balaban J connectivity index is 1.73. The number of nitrogens with two attached hydrogens (primary N) is 2. The Morgan fingerprint density at radius 2 is 1.92 bits per heavy atom. The van der Waals surface area contributed by atoms with Gasteiger partial charge in [0.2, 0.25) is 5.78 Å². The van der Waals surface area contributed by atoms with E-state index in [-0.39, 0.29) is 35.8 Å². The summed E-state index contributed by atoms with van der Waals surface area (Å²) in [5.74, 6) is -6.20. The van der Waals surface area contributed by atoms with Crippen molar-refractivity contribution in [1.29, 1.82) is 0 Å². The minimum absolute atomic E-state index is 0.0793. The molecule has 11 nitrogen and oxygen atoms in total. The lowest BCUT2D eigenvalue weighted by Gasteiger charge is -2.50. The maximum Gasteiger partial charge on any atom is 0.255 e. The largest absolute Gasteiger partial charge is 0.508 e. The Labute approximate surface area is 212 Å². The molecule has 1 fully saturated rings. The van der Waals surface area contributed by atoms with Gasteiger partial charge in [-0.3, -0.25) is 19.1 Å². The molecule has 0 bridgehead atoms. The fourth-order valence-corrected chi connectivity index (χ4v) is 6.05. The van der Waals surface area contributed by atoms with Gasteiger partial charge in [-0.1, -0.05) is 0 Å². The van der Waals surface area contributed by atoms with Crippen LogP contribution >= 0.6 is 0 Å². The van der Waals surface area contributed by atoms with Crippen LogP contribution in [-0.2, 0) is 25.5 Å². The number of Topliss-reactive ketones (excluding diaryl/α,β-unsaturated/α-hetero) is 2. The number of carbonyl (C=O) groups excluding carboxylic acids is 3. The van der Waals surface area contributed by atoms with E-state index in [1.807, 2.05) is 26.1 Å². The Morgan fingerprint density at radius 1 is 1.22 bits per heavy atom. The summed E-state index contributed by atoms with van der Waals surface area (Å²) in [6.07, 6.45) is 2.14. The Kier molecular flexibility index (Phi) is 5.54. The summed E-state index contributed by atoms with van der Waals surface area (Å²) < 4.78 is 7.31. The first-order valence-electron chi connectivity index (χ1n) is 11.9. The molecule has 11 heteroatoms. The number of ketones is 2. The van der Waals surface area contributed by atoms with Gasteiger partial charge in [-0.15, -0.1) is 0 Å². The van der Waals surface area contributed by atoms with Crippen LogP contribution in [0.4, 0.5) is 0 Å². The summed E-state index contributed by atoms with van der Waals surface area (Å²) in [4.78, 5) is 38.8. The van der Waals surface area contributed by atoms with Crippen molar-refractivity contribution >= 4 is 23.2 Å². The molecule has 4 atom stereocenters. The number of rotatable bonds is 4. The van der Waals surface area contributed by atoms with E-state index in [9.17, 15) is 29.7 Å². The first-order valence-corrected chi connectivity index (χ1v) is 11.9. The lowest BCUT2D eigenvalue weighted by molar-refractivity contribution is -0.154. The predicted molar refractivity (Wildman–Crippen MR) is 131 cm³/mol. The Morgan fingerprint density at radius 3 is 2.51 bits per heavy atom. The van der Waals surface area contributed by atoms with Crippen molar-refractivity contribution in [2.75, 3.05) is 7.11 Å². The van der Waals surface area contributed by atoms with E-state index in [0.29, 0.717) is 16.8 Å². The maximum absolute atomic E-state index is 14.0. The third-order valence-corrected chi connectivity index (χ3v) is 7.84. The van der Waals surface area contributed by atoms with Crippen molar-refractivity contribution in [2.24, 2.45) is 23.3 Å². The smallest absolute Gasteiger partial charge is 0.255 e. The number of phenols is 1. The van der Waals surface area contributed by atoms with Gasteiger partial charge in [-0.05, 0) is 56.4 Å². The van der Waals surface area contributed by atoms with Gasteiger partial charge >= 0.3 is 0 Å². The van der Waals surface area contributed by atoms with Crippen LogP contribution < -0.4 is 11.5 Å². The van der Waals surface area contributed by atoms with Crippen LogP contribution in [0.2, 0.25) is 0 Å².